The van der Waals surface area contributed by atoms with Gasteiger partial charge in [0, 0.05) is 5.56 Å². The second kappa shape index (κ2) is 4.88. The van der Waals surface area contributed by atoms with Crippen molar-refractivity contribution in [1.82, 2.24) is 10.2 Å². The number of aromatic amines is 1. The van der Waals surface area contributed by atoms with Crippen molar-refractivity contribution in [3.05, 3.63) is 41.6 Å². The fourth-order valence-electron chi connectivity index (χ4n) is 1.83. The first-order valence-corrected chi connectivity index (χ1v) is 6.16. The molecule has 0 fully saturated rings. The molecule has 1 aromatic heterocycles. The molecule has 0 saturated heterocycles. The van der Waals surface area contributed by atoms with E-state index in [0.717, 1.165) is 11.3 Å². The Bertz CT molecular complexity index is 594. The zero-order chi connectivity index (χ0) is 14.0. The highest BCUT2D eigenvalue weighted by atomic mass is 16.5. The number of esters is 1. The number of nitrogens with one attached hydrogen (secondary N) is 1. The van der Waals surface area contributed by atoms with Gasteiger partial charge in [0.2, 0.25) is 0 Å². The topological polar surface area (TPSA) is 55.0 Å². The van der Waals surface area contributed by atoms with Crippen molar-refractivity contribution < 1.29 is 9.53 Å². The van der Waals surface area contributed by atoms with Crippen molar-refractivity contribution in [2.75, 3.05) is 7.11 Å². The fourth-order valence-corrected chi connectivity index (χ4v) is 1.83. The summed E-state index contributed by atoms with van der Waals surface area (Å²) < 4.78 is 4.65. The predicted molar refractivity (Wildman–Crippen MR) is 74.1 cm³/mol. The van der Waals surface area contributed by atoms with Crippen LogP contribution in [0.2, 0.25) is 0 Å². The summed E-state index contributed by atoms with van der Waals surface area (Å²) in [5, 5.41) is 6.84. The van der Waals surface area contributed by atoms with Crippen molar-refractivity contribution in [3.8, 4) is 11.3 Å². The minimum atomic E-state index is -0.411. The van der Waals surface area contributed by atoms with E-state index in [-0.39, 0.29) is 5.41 Å². The monoisotopic (exact) mass is 258 g/mol. The van der Waals surface area contributed by atoms with Gasteiger partial charge in [-0.05, 0) is 23.1 Å². The Kier molecular flexibility index (Phi) is 3.42. The van der Waals surface area contributed by atoms with E-state index < -0.39 is 5.97 Å². The van der Waals surface area contributed by atoms with Gasteiger partial charge < -0.3 is 4.74 Å². The molecule has 0 aliphatic rings. The highest BCUT2D eigenvalue weighted by molar-refractivity contribution is 5.88. The van der Waals surface area contributed by atoms with Gasteiger partial charge in [0.15, 0.2) is 0 Å². The van der Waals surface area contributed by atoms with Gasteiger partial charge in [-0.25, -0.2) is 4.79 Å². The van der Waals surface area contributed by atoms with Crippen LogP contribution in [0.4, 0.5) is 0 Å². The third kappa shape index (κ3) is 2.84. The second-order valence-electron chi connectivity index (χ2n) is 5.49. The molecule has 0 radical (unpaired) electrons. The van der Waals surface area contributed by atoms with Gasteiger partial charge in [-0.2, -0.15) is 5.10 Å². The smallest absolute Gasteiger partial charge is 0.356 e. The molecule has 0 unspecified atom stereocenters. The van der Waals surface area contributed by atoms with Crippen LogP contribution in [0.25, 0.3) is 11.3 Å². The van der Waals surface area contributed by atoms with Gasteiger partial charge in [0.1, 0.15) is 5.69 Å². The minimum Gasteiger partial charge on any atom is -0.464 e. The van der Waals surface area contributed by atoms with Crippen molar-refractivity contribution in [2.24, 2.45) is 0 Å². The third-order valence-electron chi connectivity index (χ3n) is 3.01. The maximum absolute atomic E-state index is 11.4. The number of methoxy groups -OCH3 is 1. The van der Waals surface area contributed by atoms with Crippen LogP contribution in [-0.2, 0) is 10.2 Å². The molecular weight excluding hydrogens is 240 g/mol. The van der Waals surface area contributed by atoms with E-state index in [1.807, 2.05) is 12.1 Å². The summed E-state index contributed by atoms with van der Waals surface area (Å²) in [5.74, 6) is -0.411. The van der Waals surface area contributed by atoms with E-state index in [4.69, 9.17) is 0 Å². The number of benzene rings is 1. The first-order chi connectivity index (χ1) is 8.91. The van der Waals surface area contributed by atoms with Gasteiger partial charge in [-0.15, -0.1) is 0 Å². The van der Waals surface area contributed by atoms with E-state index in [1.54, 1.807) is 6.07 Å². The summed E-state index contributed by atoms with van der Waals surface area (Å²) >= 11 is 0. The zero-order valence-electron chi connectivity index (χ0n) is 11.7. The maximum Gasteiger partial charge on any atom is 0.356 e. The van der Waals surface area contributed by atoms with Crippen LogP contribution in [0.5, 0.6) is 0 Å². The molecule has 2 aromatic rings. The summed E-state index contributed by atoms with van der Waals surface area (Å²) in [4.78, 5) is 11.4. The SMILES string of the molecule is COC(=O)c1cc(-c2cccc(C(C)(C)C)c2)n[nH]1. The fraction of sp³-hybridized carbons (Fsp3) is 0.333. The Morgan fingerprint density at radius 3 is 2.63 bits per heavy atom. The van der Waals surface area contributed by atoms with Crippen LogP contribution in [0.15, 0.2) is 30.3 Å². The number of hydrogen-bond acceptors (Lipinski definition) is 3. The van der Waals surface area contributed by atoms with Crippen LogP contribution >= 0.6 is 0 Å². The quantitative estimate of drug-likeness (QED) is 0.842. The predicted octanol–water partition coefficient (Wildman–Crippen LogP) is 3.16. The Morgan fingerprint density at radius 1 is 1.26 bits per heavy atom. The van der Waals surface area contributed by atoms with Crippen LogP contribution in [-0.4, -0.2) is 23.3 Å². The summed E-state index contributed by atoms with van der Waals surface area (Å²) in [6.07, 6.45) is 0. The lowest BCUT2D eigenvalue weighted by atomic mass is 9.86. The summed E-state index contributed by atoms with van der Waals surface area (Å²) in [6, 6.07) is 9.87. The lowest BCUT2D eigenvalue weighted by molar-refractivity contribution is 0.0594. The molecule has 0 aliphatic carbocycles. The lowest BCUT2D eigenvalue weighted by Gasteiger charge is -2.19. The molecule has 0 bridgehead atoms. The van der Waals surface area contributed by atoms with Crippen LogP contribution < -0.4 is 0 Å². The number of carbonyl (C=O) groups excluding carboxylic acids is 1. The normalized spacial score (nSPS) is 11.4. The third-order valence-corrected chi connectivity index (χ3v) is 3.01. The molecule has 0 amide bonds. The maximum atomic E-state index is 11.4. The number of carbonyl (C=O) groups is 1. The molecule has 1 heterocycles. The number of rotatable bonds is 2. The Morgan fingerprint density at radius 2 is 2.00 bits per heavy atom. The molecule has 100 valence electrons. The number of aromatic nitrogens is 2. The lowest BCUT2D eigenvalue weighted by Crippen LogP contribution is -2.10. The van der Waals surface area contributed by atoms with E-state index >= 15 is 0 Å². The van der Waals surface area contributed by atoms with Gasteiger partial charge in [0.05, 0.1) is 12.8 Å². The Hall–Kier alpha value is -2.10. The van der Waals surface area contributed by atoms with Crippen LogP contribution in [0.1, 0.15) is 36.8 Å². The summed E-state index contributed by atoms with van der Waals surface area (Å²) in [7, 11) is 1.35. The number of H-pyrrole nitrogens is 1. The van der Waals surface area contributed by atoms with E-state index in [9.17, 15) is 4.79 Å². The van der Waals surface area contributed by atoms with E-state index in [0.29, 0.717) is 5.69 Å². The average Bonchev–Trinajstić information content (AvgIpc) is 2.86. The molecule has 0 aliphatic heterocycles. The zero-order valence-corrected chi connectivity index (χ0v) is 11.7. The van der Waals surface area contributed by atoms with Gasteiger partial charge in [-0.1, -0.05) is 39.0 Å². The van der Waals surface area contributed by atoms with Gasteiger partial charge in [-0.3, -0.25) is 5.10 Å². The van der Waals surface area contributed by atoms with E-state index in [1.165, 1.54) is 12.7 Å². The Labute approximate surface area is 112 Å². The van der Waals surface area contributed by atoms with Crippen LogP contribution in [0, 0.1) is 0 Å². The molecule has 4 nitrogen and oxygen atoms in total. The minimum absolute atomic E-state index is 0.0808. The standard InChI is InChI=1S/C15H18N2O2/c1-15(2,3)11-7-5-6-10(8-11)12-9-13(17-16-12)14(18)19-4/h5-9H,1-4H3,(H,16,17). The molecule has 1 aromatic carbocycles. The first kappa shape index (κ1) is 13.3. The molecule has 0 atom stereocenters. The Balaban J connectivity index is 2.37. The summed E-state index contributed by atoms with van der Waals surface area (Å²) in [6.45, 7) is 6.49. The van der Waals surface area contributed by atoms with Crippen molar-refractivity contribution in [3.63, 3.8) is 0 Å². The summed E-state index contributed by atoms with van der Waals surface area (Å²) in [5.41, 5.74) is 3.40. The largest absolute Gasteiger partial charge is 0.464 e. The highest BCUT2D eigenvalue weighted by Crippen LogP contribution is 2.26. The molecule has 4 heteroatoms. The van der Waals surface area contributed by atoms with Gasteiger partial charge in [0.25, 0.3) is 0 Å². The van der Waals surface area contributed by atoms with Gasteiger partial charge >= 0.3 is 5.97 Å². The second-order valence-corrected chi connectivity index (χ2v) is 5.49. The van der Waals surface area contributed by atoms with Crippen molar-refractivity contribution >= 4 is 5.97 Å². The van der Waals surface area contributed by atoms with Crippen LogP contribution in [0.3, 0.4) is 0 Å². The van der Waals surface area contributed by atoms with Crippen molar-refractivity contribution in [2.45, 2.75) is 26.2 Å². The highest BCUT2D eigenvalue weighted by Gasteiger charge is 2.15. The molecule has 0 saturated carbocycles. The van der Waals surface area contributed by atoms with E-state index in [2.05, 4.69) is 47.8 Å². The first-order valence-electron chi connectivity index (χ1n) is 6.16. The number of ether oxygens (including phenoxy) is 1. The number of hydrogen-bond donors (Lipinski definition) is 1. The average molecular weight is 258 g/mol. The molecule has 2 rings (SSSR count). The van der Waals surface area contributed by atoms with Crippen molar-refractivity contribution in [1.29, 1.82) is 0 Å². The molecule has 19 heavy (non-hydrogen) atoms. The number of nitrogens with zero attached hydrogens (tertiary/aromatic N) is 1. The molecule has 1 N–H and O–H groups in total. The molecular formula is C15H18N2O2. The molecule has 0 spiro atoms.